The Hall–Kier alpha value is -0.980. The van der Waals surface area contributed by atoms with Crippen LogP contribution in [0.1, 0.15) is 0 Å². The molecule has 0 aliphatic rings. The smallest absolute Gasteiger partial charge is 0.0767 e. The van der Waals surface area contributed by atoms with Crippen LogP contribution in [-0.4, -0.2) is 17.8 Å². The van der Waals surface area contributed by atoms with E-state index in [2.05, 4.69) is 12.5 Å². The van der Waals surface area contributed by atoms with Gasteiger partial charge in [-0.05, 0) is 0 Å². The van der Waals surface area contributed by atoms with Crippen molar-refractivity contribution in [2.75, 3.05) is 6.61 Å². The number of aliphatic hydroxyl groups is 1. The third-order valence-electron chi connectivity index (χ3n) is 1.30. The molecule has 0 aromatic carbocycles. The highest BCUT2D eigenvalue weighted by Crippen LogP contribution is 2.05. The van der Waals surface area contributed by atoms with Gasteiger partial charge in [0.15, 0.2) is 0 Å². The van der Waals surface area contributed by atoms with Crippen molar-refractivity contribution < 1.29 is 5.11 Å². The van der Waals surface area contributed by atoms with Crippen LogP contribution < -0.4 is 11.5 Å². The summed E-state index contributed by atoms with van der Waals surface area (Å²) in [7, 11) is 0. The Morgan fingerprint density at radius 1 is 1.80 bits per heavy atom. The van der Waals surface area contributed by atoms with Crippen molar-refractivity contribution in [3.63, 3.8) is 0 Å². The number of rotatable bonds is 3. The normalized spacial score (nSPS) is 15.3. The van der Waals surface area contributed by atoms with E-state index in [-0.39, 0.29) is 12.5 Å². The average molecular weight is 140 g/mol. The molecule has 0 fully saturated rings. The first-order valence-corrected chi connectivity index (χ1v) is 2.90. The Balaban J connectivity index is 4.09. The van der Waals surface area contributed by atoms with Crippen molar-refractivity contribution >= 4 is 0 Å². The van der Waals surface area contributed by atoms with Crippen LogP contribution in [0.4, 0.5) is 0 Å². The van der Waals surface area contributed by atoms with Gasteiger partial charge in [0.25, 0.3) is 0 Å². The predicted octanol–water partition coefficient (Wildman–Crippen LogP) is -0.972. The second kappa shape index (κ2) is 3.94. The fraction of sp³-hybridized carbons (Fsp3) is 0.429. The van der Waals surface area contributed by atoms with Gasteiger partial charge in [-0.15, -0.1) is 6.42 Å². The molecule has 0 saturated heterocycles. The molecule has 0 heterocycles. The second-order valence-corrected chi connectivity index (χ2v) is 2.06. The van der Waals surface area contributed by atoms with Crippen molar-refractivity contribution in [2.24, 2.45) is 17.4 Å². The summed E-state index contributed by atoms with van der Waals surface area (Å²) in [5, 5.41) is 8.68. The molecule has 10 heavy (non-hydrogen) atoms. The highest BCUT2D eigenvalue weighted by atomic mass is 16.3. The van der Waals surface area contributed by atoms with Crippen LogP contribution in [0.15, 0.2) is 12.3 Å². The van der Waals surface area contributed by atoms with Crippen molar-refractivity contribution in [2.45, 2.75) is 6.04 Å². The van der Waals surface area contributed by atoms with Gasteiger partial charge in [0.1, 0.15) is 0 Å². The summed E-state index contributed by atoms with van der Waals surface area (Å²) in [4.78, 5) is 0. The second-order valence-electron chi connectivity index (χ2n) is 2.06. The molecule has 3 nitrogen and oxygen atoms in total. The van der Waals surface area contributed by atoms with Gasteiger partial charge in [-0.1, -0.05) is 12.5 Å². The van der Waals surface area contributed by atoms with Crippen LogP contribution >= 0.6 is 0 Å². The molecule has 0 aromatic heterocycles. The van der Waals surface area contributed by atoms with Gasteiger partial charge in [-0.3, -0.25) is 0 Å². The lowest BCUT2D eigenvalue weighted by atomic mass is 10.00. The van der Waals surface area contributed by atoms with E-state index in [9.17, 15) is 0 Å². The maximum absolute atomic E-state index is 8.68. The lowest BCUT2D eigenvalue weighted by molar-refractivity contribution is 0.238. The van der Waals surface area contributed by atoms with Gasteiger partial charge < -0.3 is 16.6 Å². The maximum Gasteiger partial charge on any atom is 0.0767 e. The van der Waals surface area contributed by atoms with E-state index in [4.69, 9.17) is 23.0 Å². The highest BCUT2D eigenvalue weighted by Gasteiger charge is 2.15. The van der Waals surface area contributed by atoms with E-state index in [1.807, 2.05) is 0 Å². The van der Waals surface area contributed by atoms with Crippen LogP contribution in [0.3, 0.4) is 0 Å². The van der Waals surface area contributed by atoms with Crippen LogP contribution in [-0.2, 0) is 0 Å². The topological polar surface area (TPSA) is 72.3 Å². The molecule has 0 bridgehead atoms. The van der Waals surface area contributed by atoms with E-state index >= 15 is 0 Å². The zero-order chi connectivity index (χ0) is 8.15. The molecule has 0 saturated carbocycles. The Morgan fingerprint density at radius 3 is 2.40 bits per heavy atom. The summed E-state index contributed by atoms with van der Waals surface area (Å²) in [6.07, 6.45) is 5.00. The molecular formula is C7H12N2O. The van der Waals surface area contributed by atoms with Gasteiger partial charge >= 0.3 is 0 Å². The fourth-order valence-electron chi connectivity index (χ4n) is 0.578. The molecule has 0 aromatic rings. The van der Waals surface area contributed by atoms with E-state index in [1.54, 1.807) is 0 Å². The molecule has 0 rings (SSSR count). The van der Waals surface area contributed by atoms with E-state index in [0.717, 1.165) is 0 Å². The maximum atomic E-state index is 8.68. The van der Waals surface area contributed by atoms with E-state index < -0.39 is 6.04 Å². The molecule has 3 heteroatoms. The summed E-state index contributed by atoms with van der Waals surface area (Å²) in [5.41, 5.74) is 11.0. The standard InChI is InChI=1S/C7H12N2O/c1-3-7(9)6(4-10)5(2)8/h1,6-7,10H,2,4,8-9H2/t6-,7-/m1/s1. The van der Waals surface area contributed by atoms with Gasteiger partial charge in [0.2, 0.25) is 0 Å². The molecule has 0 amide bonds. The van der Waals surface area contributed by atoms with Crippen LogP contribution in [0.5, 0.6) is 0 Å². The summed E-state index contributed by atoms with van der Waals surface area (Å²) >= 11 is 0. The number of aliphatic hydroxyl groups excluding tert-OH is 1. The van der Waals surface area contributed by atoms with Crippen molar-refractivity contribution in [3.8, 4) is 12.3 Å². The minimum absolute atomic E-state index is 0.152. The number of hydrogen-bond acceptors (Lipinski definition) is 3. The third-order valence-corrected chi connectivity index (χ3v) is 1.30. The van der Waals surface area contributed by atoms with Crippen molar-refractivity contribution in [1.29, 1.82) is 0 Å². The SMILES string of the molecule is C#C[C@@H](N)[C@H](CO)C(=C)N. The molecule has 0 spiro atoms. The largest absolute Gasteiger partial charge is 0.402 e. The molecule has 0 radical (unpaired) electrons. The highest BCUT2D eigenvalue weighted by molar-refractivity contribution is 5.10. The van der Waals surface area contributed by atoms with Gasteiger partial charge in [-0.2, -0.15) is 0 Å². The Bertz CT molecular complexity index is 159. The Morgan fingerprint density at radius 2 is 2.30 bits per heavy atom. The Labute approximate surface area is 60.7 Å². The first-order chi connectivity index (χ1) is 4.63. The molecule has 5 N–H and O–H groups in total. The molecule has 0 aliphatic carbocycles. The van der Waals surface area contributed by atoms with E-state index in [1.165, 1.54) is 0 Å². The molecule has 56 valence electrons. The quantitative estimate of drug-likeness (QED) is 0.441. The van der Waals surface area contributed by atoms with Crippen LogP contribution in [0, 0.1) is 18.3 Å². The van der Waals surface area contributed by atoms with Crippen molar-refractivity contribution in [3.05, 3.63) is 12.3 Å². The number of terminal acetylenes is 1. The molecular weight excluding hydrogens is 128 g/mol. The minimum Gasteiger partial charge on any atom is -0.402 e. The van der Waals surface area contributed by atoms with Gasteiger partial charge in [0.05, 0.1) is 12.6 Å². The molecule has 0 unspecified atom stereocenters. The Kier molecular flexibility index (Phi) is 3.55. The van der Waals surface area contributed by atoms with Crippen LogP contribution in [0.2, 0.25) is 0 Å². The number of hydrogen-bond donors (Lipinski definition) is 3. The molecule has 0 aliphatic heterocycles. The zero-order valence-electron chi connectivity index (χ0n) is 5.75. The van der Waals surface area contributed by atoms with Gasteiger partial charge in [-0.25, -0.2) is 0 Å². The first-order valence-electron chi connectivity index (χ1n) is 2.90. The van der Waals surface area contributed by atoms with Crippen LogP contribution in [0.25, 0.3) is 0 Å². The zero-order valence-corrected chi connectivity index (χ0v) is 5.75. The average Bonchev–Trinajstić information content (AvgIpc) is 1.88. The fourth-order valence-corrected chi connectivity index (χ4v) is 0.578. The summed E-state index contributed by atoms with van der Waals surface area (Å²) in [6, 6.07) is -0.539. The first kappa shape index (κ1) is 9.02. The summed E-state index contributed by atoms with van der Waals surface area (Å²) in [5.74, 6) is 1.89. The monoisotopic (exact) mass is 140 g/mol. The predicted molar refractivity (Wildman–Crippen MR) is 40.7 cm³/mol. The lowest BCUT2D eigenvalue weighted by Gasteiger charge is -2.16. The van der Waals surface area contributed by atoms with Gasteiger partial charge in [0, 0.05) is 11.6 Å². The van der Waals surface area contributed by atoms with E-state index in [0.29, 0.717) is 5.70 Å². The minimum atomic E-state index is -0.539. The summed E-state index contributed by atoms with van der Waals surface area (Å²) < 4.78 is 0. The van der Waals surface area contributed by atoms with Crippen molar-refractivity contribution in [1.82, 2.24) is 0 Å². The molecule has 2 atom stereocenters. The lowest BCUT2D eigenvalue weighted by Crippen LogP contribution is -2.34. The number of nitrogens with two attached hydrogens (primary N) is 2. The third kappa shape index (κ3) is 2.09. The summed E-state index contributed by atoms with van der Waals surface area (Å²) in [6.45, 7) is 3.29.